The lowest BCUT2D eigenvalue weighted by atomic mass is 10.0. The first-order valence-electron chi connectivity index (χ1n) is 6.73. The first-order valence-corrected chi connectivity index (χ1v) is 7.11. The van der Waals surface area contributed by atoms with Gasteiger partial charge in [0.25, 0.3) is 0 Å². The summed E-state index contributed by atoms with van der Waals surface area (Å²) in [6.07, 6.45) is 2.13. The molecule has 0 atom stereocenters. The van der Waals surface area contributed by atoms with E-state index in [1.54, 1.807) is 48.5 Å². The van der Waals surface area contributed by atoms with Crippen LogP contribution in [0.2, 0.25) is 5.02 Å². The zero-order valence-electron chi connectivity index (χ0n) is 11.8. The minimum atomic E-state index is -1.14. The first-order chi connectivity index (χ1) is 11.1. The van der Waals surface area contributed by atoms with E-state index in [0.717, 1.165) is 0 Å². The summed E-state index contributed by atoms with van der Waals surface area (Å²) in [6, 6.07) is 13.5. The fraction of sp³-hybridized carbons (Fsp3) is 0. The summed E-state index contributed by atoms with van der Waals surface area (Å²) in [4.78, 5) is 23.0. The molecule has 0 aliphatic heterocycles. The Morgan fingerprint density at radius 3 is 2.61 bits per heavy atom. The average molecular weight is 327 g/mol. The summed E-state index contributed by atoms with van der Waals surface area (Å²) in [5.41, 5.74) is 1.81. The lowest BCUT2D eigenvalue weighted by Gasteiger charge is -2.07. The molecule has 1 N–H and O–H groups in total. The van der Waals surface area contributed by atoms with Gasteiger partial charge in [-0.25, -0.2) is 9.48 Å². The number of nitrogens with zero attached hydrogens (tertiary/aromatic N) is 2. The van der Waals surface area contributed by atoms with E-state index in [0.29, 0.717) is 33.7 Å². The third-order valence-electron chi connectivity index (χ3n) is 3.40. The highest BCUT2D eigenvalue weighted by Gasteiger charge is 2.21. The van der Waals surface area contributed by atoms with Crippen LogP contribution >= 0.6 is 11.6 Å². The SMILES string of the molecule is O=Cc1ccccc1-c1cnn(-c2cccc(Cl)c2)c1C(=O)O. The summed E-state index contributed by atoms with van der Waals surface area (Å²) in [6.45, 7) is 0. The molecule has 3 aromatic rings. The van der Waals surface area contributed by atoms with E-state index >= 15 is 0 Å². The predicted molar refractivity (Wildman–Crippen MR) is 86.4 cm³/mol. The first kappa shape index (κ1) is 15.0. The molecule has 0 amide bonds. The van der Waals surface area contributed by atoms with Crippen LogP contribution in [0.25, 0.3) is 16.8 Å². The van der Waals surface area contributed by atoms with E-state index in [4.69, 9.17) is 11.6 Å². The predicted octanol–water partition coefficient (Wildman–Crippen LogP) is 3.70. The van der Waals surface area contributed by atoms with Gasteiger partial charge in [-0.1, -0.05) is 41.9 Å². The molecule has 0 spiro atoms. The molecule has 0 unspecified atom stereocenters. The maximum absolute atomic E-state index is 11.8. The van der Waals surface area contributed by atoms with Gasteiger partial charge >= 0.3 is 5.97 Å². The minimum Gasteiger partial charge on any atom is -0.476 e. The Labute approximate surface area is 136 Å². The Kier molecular flexibility index (Phi) is 3.95. The van der Waals surface area contributed by atoms with E-state index in [1.807, 2.05) is 0 Å². The highest BCUT2D eigenvalue weighted by atomic mass is 35.5. The van der Waals surface area contributed by atoms with Gasteiger partial charge in [-0.3, -0.25) is 4.79 Å². The highest BCUT2D eigenvalue weighted by molar-refractivity contribution is 6.30. The van der Waals surface area contributed by atoms with E-state index in [2.05, 4.69) is 5.10 Å². The van der Waals surface area contributed by atoms with E-state index in [-0.39, 0.29) is 5.69 Å². The number of aromatic nitrogens is 2. The molecule has 0 aliphatic carbocycles. The molecule has 3 rings (SSSR count). The zero-order chi connectivity index (χ0) is 16.4. The molecule has 0 aliphatic rings. The summed E-state index contributed by atoms with van der Waals surface area (Å²) < 4.78 is 1.30. The van der Waals surface area contributed by atoms with Crippen LogP contribution in [-0.4, -0.2) is 27.1 Å². The number of carboxylic acid groups (broad SMARTS) is 1. The van der Waals surface area contributed by atoms with E-state index < -0.39 is 5.97 Å². The number of hydrogen-bond donors (Lipinski definition) is 1. The Hall–Kier alpha value is -2.92. The molecule has 5 nitrogen and oxygen atoms in total. The molecule has 6 heteroatoms. The number of hydrogen-bond acceptors (Lipinski definition) is 3. The molecule has 0 radical (unpaired) electrons. The number of aldehydes is 1. The third-order valence-corrected chi connectivity index (χ3v) is 3.64. The number of carbonyl (C=O) groups excluding carboxylic acids is 1. The molecule has 23 heavy (non-hydrogen) atoms. The lowest BCUT2D eigenvalue weighted by molar-refractivity contribution is 0.0687. The molecule has 0 fully saturated rings. The van der Waals surface area contributed by atoms with Gasteiger partial charge < -0.3 is 5.11 Å². The van der Waals surface area contributed by atoms with Gasteiger partial charge in [0.1, 0.15) is 0 Å². The largest absolute Gasteiger partial charge is 0.476 e. The van der Waals surface area contributed by atoms with Crippen molar-refractivity contribution in [3.8, 4) is 16.8 Å². The van der Waals surface area contributed by atoms with Gasteiger partial charge in [0.05, 0.1) is 11.9 Å². The van der Waals surface area contributed by atoms with E-state index in [1.165, 1.54) is 10.9 Å². The van der Waals surface area contributed by atoms with Crippen LogP contribution < -0.4 is 0 Å². The van der Waals surface area contributed by atoms with Crippen molar-refractivity contribution in [1.29, 1.82) is 0 Å². The molecule has 0 bridgehead atoms. The maximum Gasteiger partial charge on any atom is 0.355 e. The molecule has 1 aromatic heterocycles. The monoisotopic (exact) mass is 326 g/mol. The van der Waals surface area contributed by atoms with Crippen molar-refractivity contribution in [3.63, 3.8) is 0 Å². The molecular weight excluding hydrogens is 316 g/mol. The van der Waals surface area contributed by atoms with Crippen molar-refractivity contribution in [2.24, 2.45) is 0 Å². The van der Waals surface area contributed by atoms with Crippen LogP contribution in [0.5, 0.6) is 0 Å². The van der Waals surface area contributed by atoms with Crippen molar-refractivity contribution in [2.75, 3.05) is 0 Å². The Balaban J connectivity index is 2.25. The van der Waals surface area contributed by atoms with Gasteiger partial charge in [0.2, 0.25) is 0 Å². The van der Waals surface area contributed by atoms with Crippen LogP contribution in [0.3, 0.4) is 0 Å². The molecule has 1 heterocycles. The van der Waals surface area contributed by atoms with E-state index in [9.17, 15) is 14.7 Å². The number of benzene rings is 2. The van der Waals surface area contributed by atoms with Crippen LogP contribution in [0.4, 0.5) is 0 Å². The van der Waals surface area contributed by atoms with Crippen LogP contribution in [0, 0.1) is 0 Å². The van der Waals surface area contributed by atoms with Crippen LogP contribution in [0.15, 0.2) is 54.7 Å². The van der Waals surface area contributed by atoms with Gasteiger partial charge in [-0.2, -0.15) is 5.10 Å². The average Bonchev–Trinajstić information content (AvgIpc) is 3.00. The molecular formula is C17H11ClN2O3. The standard InChI is InChI=1S/C17H11ClN2O3/c18-12-5-3-6-13(8-12)20-16(17(22)23)15(9-19-20)14-7-2-1-4-11(14)10-21/h1-10H,(H,22,23). The summed E-state index contributed by atoms with van der Waals surface area (Å²) in [5.74, 6) is -1.14. The minimum absolute atomic E-state index is 0.0263. The zero-order valence-corrected chi connectivity index (χ0v) is 12.6. The fourth-order valence-electron chi connectivity index (χ4n) is 2.40. The number of rotatable bonds is 4. The van der Waals surface area contributed by atoms with Crippen molar-refractivity contribution in [2.45, 2.75) is 0 Å². The summed E-state index contributed by atoms with van der Waals surface area (Å²) >= 11 is 5.96. The Morgan fingerprint density at radius 1 is 1.13 bits per heavy atom. The molecule has 0 saturated carbocycles. The quantitative estimate of drug-likeness (QED) is 0.742. The number of halogens is 1. The second-order valence-corrected chi connectivity index (χ2v) is 5.25. The van der Waals surface area contributed by atoms with Gasteiger partial charge in [0.15, 0.2) is 12.0 Å². The third kappa shape index (κ3) is 2.74. The van der Waals surface area contributed by atoms with Crippen LogP contribution in [0.1, 0.15) is 20.8 Å². The molecule has 2 aromatic carbocycles. The fourth-order valence-corrected chi connectivity index (χ4v) is 2.58. The van der Waals surface area contributed by atoms with Crippen molar-refractivity contribution < 1.29 is 14.7 Å². The maximum atomic E-state index is 11.8. The van der Waals surface area contributed by atoms with Crippen molar-refractivity contribution in [3.05, 3.63) is 71.0 Å². The summed E-state index contributed by atoms with van der Waals surface area (Å²) in [7, 11) is 0. The van der Waals surface area contributed by atoms with Gasteiger partial charge in [0, 0.05) is 16.1 Å². The number of carbonyl (C=O) groups is 2. The Bertz CT molecular complexity index is 902. The normalized spacial score (nSPS) is 10.5. The molecule has 114 valence electrons. The smallest absolute Gasteiger partial charge is 0.355 e. The second-order valence-electron chi connectivity index (χ2n) is 4.81. The number of carboxylic acids is 1. The Morgan fingerprint density at radius 2 is 1.91 bits per heavy atom. The number of aromatic carboxylic acids is 1. The highest BCUT2D eigenvalue weighted by Crippen LogP contribution is 2.28. The van der Waals surface area contributed by atoms with Crippen LogP contribution in [-0.2, 0) is 0 Å². The second kappa shape index (κ2) is 6.06. The van der Waals surface area contributed by atoms with Gasteiger partial charge in [-0.05, 0) is 23.8 Å². The van der Waals surface area contributed by atoms with Gasteiger partial charge in [-0.15, -0.1) is 0 Å². The van der Waals surface area contributed by atoms with Crippen molar-refractivity contribution >= 4 is 23.9 Å². The topological polar surface area (TPSA) is 72.2 Å². The lowest BCUT2D eigenvalue weighted by Crippen LogP contribution is -2.09. The van der Waals surface area contributed by atoms with Crippen molar-refractivity contribution in [1.82, 2.24) is 9.78 Å². The summed E-state index contributed by atoms with van der Waals surface area (Å²) in [5, 5.41) is 14.2. The molecule has 0 saturated heterocycles.